The Morgan fingerprint density at radius 3 is 2.57 bits per heavy atom. The van der Waals surface area contributed by atoms with E-state index in [9.17, 15) is 18.0 Å². The molecule has 0 unspecified atom stereocenters. The Hall–Kier alpha value is -1.59. The fraction of sp³-hybridized carbons (Fsp3) is 0.250. The largest absolute Gasteiger partial charge is 0.461 e. The first kappa shape index (κ1) is 10.5. The molecule has 1 aromatic rings. The summed E-state index contributed by atoms with van der Waals surface area (Å²) in [7, 11) is 0. The van der Waals surface area contributed by atoms with Crippen molar-refractivity contribution in [2.24, 2.45) is 0 Å². The molecule has 0 aliphatic carbocycles. The van der Waals surface area contributed by atoms with Gasteiger partial charge in [-0.25, -0.2) is 0 Å². The zero-order valence-corrected chi connectivity index (χ0v) is 6.89. The Balaban J connectivity index is 2.63. The van der Waals surface area contributed by atoms with Crippen molar-refractivity contribution in [3.8, 4) is 0 Å². The van der Waals surface area contributed by atoms with Crippen LogP contribution in [0.5, 0.6) is 0 Å². The number of halogens is 3. The number of rotatable bonds is 3. The molecule has 0 saturated carbocycles. The van der Waals surface area contributed by atoms with Gasteiger partial charge in [0.05, 0.1) is 12.7 Å². The summed E-state index contributed by atoms with van der Waals surface area (Å²) in [5.41, 5.74) is -1.57. The zero-order valence-electron chi connectivity index (χ0n) is 6.89. The van der Waals surface area contributed by atoms with Gasteiger partial charge in [0.15, 0.2) is 5.76 Å². The Morgan fingerprint density at radius 1 is 1.50 bits per heavy atom. The van der Waals surface area contributed by atoms with Crippen LogP contribution in [0.15, 0.2) is 22.8 Å². The SMILES string of the molecule is N=C(CC(=O)c1ccco1)C(F)(F)F. The molecule has 1 heterocycles. The van der Waals surface area contributed by atoms with Crippen LogP contribution in [0.4, 0.5) is 13.2 Å². The molecule has 1 aromatic heterocycles. The number of carbonyl (C=O) groups excluding carboxylic acids is 1. The summed E-state index contributed by atoms with van der Waals surface area (Å²) < 4.78 is 40.1. The van der Waals surface area contributed by atoms with E-state index in [1.165, 1.54) is 18.4 Å². The van der Waals surface area contributed by atoms with Crippen molar-refractivity contribution in [3.05, 3.63) is 24.2 Å². The van der Waals surface area contributed by atoms with Gasteiger partial charge in [-0.2, -0.15) is 13.2 Å². The number of alkyl halides is 3. The van der Waals surface area contributed by atoms with E-state index in [4.69, 9.17) is 5.41 Å². The van der Waals surface area contributed by atoms with Crippen LogP contribution in [-0.2, 0) is 0 Å². The lowest BCUT2D eigenvalue weighted by atomic mass is 10.1. The van der Waals surface area contributed by atoms with E-state index in [0.717, 1.165) is 0 Å². The third-order valence-electron chi connectivity index (χ3n) is 1.48. The number of furan rings is 1. The minimum atomic E-state index is -4.75. The smallest absolute Gasteiger partial charge is 0.429 e. The van der Waals surface area contributed by atoms with Crippen molar-refractivity contribution >= 4 is 11.5 Å². The van der Waals surface area contributed by atoms with Gasteiger partial charge in [-0.05, 0) is 12.1 Å². The van der Waals surface area contributed by atoms with E-state index in [2.05, 4.69) is 4.42 Å². The Morgan fingerprint density at radius 2 is 2.14 bits per heavy atom. The molecule has 0 aliphatic rings. The topological polar surface area (TPSA) is 54.1 Å². The molecular formula is C8H6F3NO2. The van der Waals surface area contributed by atoms with Gasteiger partial charge in [0.2, 0.25) is 5.78 Å². The maximum absolute atomic E-state index is 11.8. The lowest BCUT2D eigenvalue weighted by Gasteiger charge is -2.05. The third-order valence-corrected chi connectivity index (χ3v) is 1.48. The number of nitrogens with one attached hydrogen (secondary N) is 1. The number of Topliss-reactive ketones (excluding diaryl/α,β-unsaturated/α-hetero) is 1. The highest BCUT2D eigenvalue weighted by molar-refractivity contribution is 6.09. The molecule has 0 spiro atoms. The second kappa shape index (κ2) is 3.65. The van der Waals surface area contributed by atoms with E-state index in [0.29, 0.717) is 0 Å². The standard InChI is InChI=1S/C8H6F3NO2/c9-8(10,11)7(12)4-5(13)6-2-1-3-14-6/h1-3,12H,4H2. The summed E-state index contributed by atoms with van der Waals surface area (Å²) in [4.78, 5) is 11.0. The first-order valence-electron chi connectivity index (χ1n) is 3.62. The molecule has 0 saturated heterocycles. The molecule has 14 heavy (non-hydrogen) atoms. The summed E-state index contributed by atoms with van der Waals surface area (Å²) in [5, 5.41) is 6.59. The molecular weight excluding hydrogens is 199 g/mol. The van der Waals surface area contributed by atoms with Crippen molar-refractivity contribution in [2.75, 3.05) is 0 Å². The van der Waals surface area contributed by atoms with Crippen LogP contribution in [0, 0.1) is 5.41 Å². The second-order valence-electron chi connectivity index (χ2n) is 2.55. The molecule has 0 atom stereocenters. The van der Waals surface area contributed by atoms with Gasteiger partial charge >= 0.3 is 6.18 Å². The van der Waals surface area contributed by atoms with Crippen molar-refractivity contribution in [1.29, 1.82) is 5.41 Å². The van der Waals surface area contributed by atoms with E-state index < -0.39 is 24.1 Å². The van der Waals surface area contributed by atoms with Gasteiger partial charge in [-0.15, -0.1) is 0 Å². The Labute approximate surface area is 77.0 Å². The first-order chi connectivity index (χ1) is 6.41. The molecule has 0 radical (unpaired) electrons. The summed E-state index contributed by atoms with van der Waals surface area (Å²) >= 11 is 0. The molecule has 0 aromatic carbocycles. The predicted octanol–water partition coefficient (Wildman–Crippen LogP) is 2.43. The van der Waals surface area contributed by atoms with Crippen molar-refractivity contribution in [3.63, 3.8) is 0 Å². The number of ketones is 1. The monoisotopic (exact) mass is 205 g/mol. The first-order valence-corrected chi connectivity index (χ1v) is 3.62. The van der Waals surface area contributed by atoms with E-state index in [1.807, 2.05) is 0 Å². The maximum Gasteiger partial charge on any atom is 0.429 e. The molecule has 0 bridgehead atoms. The van der Waals surface area contributed by atoms with E-state index in [-0.39, 0.29) is 5.76 Å². The molecule has 0 fully saturated rings. The summed E-state index contributed by atoms with van der Waals surface area (Å²) in [6.45, 7) is 0. The summed E-state index contributed by atoms with van der Waals surface area (Å²) in [6, 6.07) is 2.65. The molecule has 0 amide bonds. The van der Waals surface area contributed by atoms with Crippen molar-refractivity contribution in [1.82, 2.24) is 0 Å². The number of carbonyl (C=O) groups is 1. The van der Waals surface area contributed by atoms with Crippen LogP contribution in [0.2, 0.25) is 0 Å². The quantitative estimate of drug-likeness (QED) is 0.608. The van der Waals surface area contributed by atoms with Gasteiger partial charge in [0, 0.05) is 0 Å². The third kappa shape index (κ3) is 2.45. The van der Waals surface area contributed by atoms with Gasteiger partial charge in [-0.1, -0.05) is 0 Å². The maximum atomic E-state index is 11.8. The van der Waals surface area contributed by atoms with Crippen LogP contribution >= 0.6 is 0 Å². The van der Waals surface area contributed by atoms with Gasteiger partial charge in [0.1, 0.15) is 5.71 Å². The normalized spacial score (nSPS) is 11.4. The molecule has 0 aliphatic heterocycles. The van der Waals surface area contributed by atoms with Crippen LogP contribution in [0.25, 0.3) is 0 Å². The summed E-state index contributed by atoms with van der Waals surface area (Å²) in [5.74, 6) is -1.02. The molecule has 1 rings (SSSR count). The minimum absolute atomic E-state index is 0.168. The van der Waals surface area contributed by atoms with E-state index >= 15 is 0 Å². The molecule has 1 N–H and O–H groups in total. The minimum Gasteiger partial charge on any atom is -0.461 e. The van der Waals surface area contributed by atoms with Crippen LogP contribution in [-0.4, -0.2) is 17.7 Å². The highest BCUT2D eigenvalue weighted by atomic mass is 19.4. The van der Waals surface area contributed by atoms with Gasteiger partial charge in [-0.3, -0.25) is 4.79 Å². The van der Waals surface area contributed by atoms with Crippen LogP contribution in [0.3, 0.4) is 0 Å². The predicted molar refractivity (Wildman–Crippen MR) is 41.4 cm³/mol. The lowest BCUT2D eigenvalue weighted by molar-refractivity contribution is -0.0609. The molecule has 3 nitrogen and oxygen atoms in total. The highest BCUT2D eigenvalue weighted by Crippen LogP contribution is 2.19. The van der Waals surface area contributed by atoms with Gasteiger partial charge < -0.3 is 9.83 Å². The van der Waals surface area contributed by atoms with Gasteiger partial charge in [0.25, 0.3) is 0 Å². The highest BCUT2D eigenvalue weighted by Gasteiger charge is 2.35. The molecule has 6 heteroatoms. The number of hydrogen-bond donors (Lipinski definition) is 1. The molecule has 76 valence electrons. The van der Waals surface area contributed by atoms with Crippen LogP contribution in [0.1, 0.15) is 17.0 Å². The van der Waals surface area contributed by atoms with E-state index in [1.54, 1.807) is 0 Å². The summed E-state index contributed by atoms with van der Waals surface area (Å²) in [6.07, 6.45) is -4.55. The number of hydrogen-bond acceptors (Lipinski definition) is 3. The Kier molecular flexibility index (Phi) is 2.73. The Bertz CT molecular complexity index is 340. The average molecular weight is 205 g/mol. The zero-order chi connectivity index (χ0) is 10.8. The van der Waals surface area contributed by atoms with Crippen LogP contribution < -0.4 is 0 Å². The lowest BCUT2D eigenvalue weighted by Crippen LogP contribution is -2.24. The average Bonchev–Trinajstić information content (AvgIpc) is 2.53. The second-order valence-corrected chi connectivity index (χ2v) is 2.55. The van der Waals surface area contributed by atoms with Crippen molar-refractivity contribution in [2.45, 2.75) is 12.6 Å². The fourth-order valence-corrected chi connectivity index (χ4v) is 0.785. The van der Waals surface area contributed by atoms with Crippen molar-refractivity contribution < 1.29 is 22.4 Å². The fourth-order valence-electron chi connectivity index (χ4n) is 0.785.